The average Bonchev–Trinajstić information content (AvgIpc) is 2.63. The summed E-state index contributed by atoms with van der Waals surface area (Å²) in [6, 6.07) is 0. The Balaban J connectivity index is 1.91. The number of aliphatic hydroxyl groups excluding tert-OH is 1. The molecule has 0 saturated carbocycles. The van der Waals surface area contributed by atoms with Gasteiger partial charge in [0.1, 0.15) is 0 Å². The second-order valence-corrected chi connectivity index (χ2v) is 4.74. The maximum absolute atomic E-state index is 11.7. The van der Waals surface area contributed by atoms with Gasteiger partial charge in [-0.25, -0.2) is 0 Å². The van der Waals surface area contributed by atoms with Gasteiger partial charge in [-0.3, -0.25) is 4.79 Å². The lowest BCUT2D eigenvalue weighted by molar-refractivity contribution is -0.130. The third-order valence-corrected chi connectivity index (χ3v) is 3.92. The number of carbonyl (C=O) groups is 1. The van der Waals surface area contributed by atoms with Crippen LogP contribution in [-0.4, -0.2) is 47.8 Å². The fourth-order valence-electron chi connectivity index (χ4n) is 2.82. The summed E-state index contributed by atoms with van der Waals surface area (Å²) in [5.41, 5.74) is 2.39. The molecule has 15 heavy (non-hydrogen) atoms. The number of nitrogens with zero attached hydrogens (tertiary/aromatic N) is 1. The number of hydrogen-bond acceptors (Lipinski definition) is 3. The largest absolute Gasteiger partial charge is 0.394 e. The zero-order valence-corrected chi connectivity index (χ0v) is 8.66. The summed E-state index contributed by atoms with van der Waals surface area (Å²) in [4.78, 5) is 13.5. The lowest BCUT2D eigenvalue weighted by atomic mass is 9.91. The minimum Gasteiger partial charge on any atom is -0.394 e. The number of hydrogen-bond donors (Lipinski definition) is 1. The molecular weight excluding hydrogens is 194 g/mol. The predicted molar refractivity (Wildman–Crippen MR) is 53.2 cm³/mol. The minimum atomic E-state index is -0.269. The third kappa shape index (κ3) is 1.18. The van der Waals surface area contributed by atoms with Gasteiger partial charge in [0, 0.05) is 13.0 Å². The lowest BCUT2D eigenvalue weighted by Crippen LogP contribution is -2.43. The van der Waals surface area contributed by atoms with Gasteiger partial charge in [0.05, 0.1) is 25.4 Å². The molecule has 0 aromatic heterocycles. The Hall–Kier alpha value is -0.870. The summed E-state index contributed by atoms with van der Waals surface area (Å²) in [6.45, 7) is 2.26. The van der Waals surface area contributed by atoms with Crippen molar-refractivity contribution < 1.29 is 14.6 Å². The van der Waals surface area contributed by atoms with Crippen LogP contribution >= 0.6 is 0 Å². The van der Waals surface area contributed by atoms with E-state index >= 15 is 0 Å². The van der Waals surface area contributed by atoms with E-state index in [4.69, 9.17) is 4.74 Å². The standard InChI is InChI=1S/C11H15NO3/c13-7-11-2-1-10(14)12(11)4-8(3-11)9-5-15-6-9/h13H,1-7H2/t11-/m0/s1. The summed E-state index contributed by atoms with van der Waals surface area (Å²) >= 11 is 0. The van der Waals surface area contributed by atoms with Crippen molar-refractivity contribution in [1.29, 1.82) is 0 Å². The topological polar surface area (TPSA) is 49.8 Å². The summed E-state index contributed by atoms with van der Waals surface area (Å²) in [7, 11) is 0. The number of fused-ring (bicyclic) bond motifs is 1. The van der Waals surface area contributed by atoms with Crippen molar-refractivity contribution in [2.24, 2.45) is 0 Å². The molecule has 3 fully saturated rings. The Labute approximate surface area is 88.5 Å². The Kier molecular flexibility index (Phi) is 1.91. The highest BCUT2D eigenvalue weighted by Crippen LogP contribution is 2.43. The van der Waals surface area contributed by atoms with Gasteiger partial charge in [-0.2, -0.15) is 0 Å². The van der Waals surface area contributed by atoms with E-state index in [9.17, 15) is 9.90 Å². The van der Waals surface area contributed by atoms with Crippen LogP contribution in [0.25, 0.3) is 0 Å². The molecule has 0 aliphatic carbocycles. The van der Waals surface area contributed by atoms with Crippen molar-refractivity contribution in [3.05, 3.63) is 11.1 Å². The molecule has 0 aromatic carbocycles. The number of ether oxygens (including phenoxy) is 1. The van der Waals surface area contributed by atoms with Crippen molar-refractivity contribution in [2.75, 3.05) is 26.4 Å². The van der Waals surface area contributed by atoms with E-state index in [-0.39, 0.29) is 18.1 Å². The fraction of sp³-hybridized carbons (Fsp3) is 0.727. The molecule has 82 valence electrons. The van der Waals surface area contributed by atoms with Crippen molar-refractivity contribution in [3.8, 4) is 0 Å². The summed E-state index contributed by atoms with van der Waals surface area (Å²) < 4.78 is 5.14. The monoisotopic (exact) mass is 209 g/mol. The Morgan fingerprint density at radius 3 is 2.73 bits per heavy atom. The van der Waals surface area contributed by atoms with Crippen LogP contribution in [0.1, 0.15) is 19.3 Å². The van der Waals surface area contributed by atoms with Crippen molar-refractivity contribution in [3.63, 3.8) is 0 Å². The summed E-state index contributed by atoms with van der Waals surface area (Å²) in [6.07, 6.45) is 2.26. The summed E-state index contributed by atoms with van der Waals surface area (Å²) in [5, 5.41) is 9.49. The molecule has 0 spiro atoms. The smallest absolute Gasteiger partial charge is 0.223 e. The fourth-order valence-corrected chi connectivity index (χ4v) is 2.82. The highest BCUT2D eigenvalue weighted by atomic mass is 16.5. The molecule has 3 heterocycles. The van der Waals surface area contributed by atoms with Crippen LogP contribution in [-0.2, 0) is 9.53 Å². The van der Waals surface area contributed by atoms with Crippen LogP contribution in [0.15, 0.2) is 11.1 Å². The highest BCUT2D eigenvalue weighted by molar-refractivity contribution is 5.81. The number of rotatable bonds is 1. The van der Waals surface area contributed by atoms with Crippen molar-refractivity contribution in [1.82, 2.24) is 4.90 Å². The number of amides is 1. The molecule has 0 radical (unpaired) electrons. The van der Waals surface area contributed by atoms with Gasteiger partial charge in [0.15, 0.2) is 0 Å². The molecule has 0 aromatic rings. The van der Waals surface area contributed by atoms with E-state index in [0.29, 0.717) is 6.42 Å². The molecule has 3 saturated heterocycles. The first kappa shape index (κ1) is 9.36. The van der Waals surface area contributed by atoms with E-state index in [1.165, 1.54) is 11.1 Å². The second-order valence-electron chi connectivity index (χ2n) is 4.74. The zero-order valence-electron chi connectivity index (χ0n) is 8.66. The maximum Gasteiger partial charge on any atom is 0.223 e. The Morgan fingerprint density at radius 2 is 2.20 bits per heavy atom. The molecule has 3 aliphatic heterocycles. The predicted octanol–water partition coefficient (Wildman–Crippen LogP) is 0.0704. The molecule has 4 nitrogen and oxygen atoms in total. The number of aliphatic hydroxyl groups is 1. The number of carbonyl (C=O) groups excluding carboxylic acids is 1. The molecule has 1 atom stereocenters. The molecule has 1 N–H and O–H groups in total. The maximum atomic E-state index is 11.7. The van der Waals surface area contributed by atoms with Gasteiger partial charge in [-0.15, -0.1) is 0 Å². The van der Waals surface area contributed by atoms with E-state index in [2.05, 4.69) is 0 Å². The minimum absolute atomic E-state index is 0.0936. The molecular formula is C11H15NO3. The molecule has 3 rings (SSSR count). The Bertz CT molecular complexity index is 344. The first-order valence-electron chi connectivity index (χ1n) is 5.44. The van der Waals surface area contributed by atoms with Crippen LogP contribution in [0.5, 0.6) is 0 Å². The Morgan fingerprint density at radius 1 is 1.40 bits per heavy atom. The normalized spacial score (nSPS) is 34.7. The molecule has 4 heteroatoms. The van der Waals surface area contributed by atoms with Crippen LogP contribution in [0.3, 0.4) is 0 Å². The van der Waals surface area contributed by atoms with Crippen molar-refractivity contribution >= 4 is 5.91 Å². The molecule has 3 aliphatic rings. The molecule has 1 amide bonds. The van der Waals surface area contributed by atoms with Gasteiger partial charge in [0.25, 0.3) is 0 Å². The van der Waals surface area contributed by atoms with Crippen LogP contribution < -0.4 is 0 Å². The van der Waals surface area contributed by atoms with Crippen LogP contribution in [0.4, 0.5) is 0 Å². The summed E-state index contributed by atoms with van der Waals surface area (Å²) in [5.74, 6) is 0.194. The molecule has 0 unspecified atom stereocenters. The second kappa shape index (κ2) is 3.06. The highest BCUT2D eigenvalue weighted by Gasteiger charge is 2.50. The van der Waals surface area contributed by atoms with Gasteiger partial charge < -0.3 is 14.7 Å². The van der Waals surface area contributed by atoms with E-state index < -0.39 is 0 Å². The van der Waals surface area contributed by atoms with Crippen LogP contribution in [0, 0.1) is 0 Å². The van der Waals surface area contributed by atoms with Gasteiger partial charge in [-0.1, -0.05) is 0 Å². The van der Waals surface area contributed by atoms with Crippen molar-refractivity contribution in [2.45, 2.75) is 24.8 Å². The van der Waals surface area contributed by atoms with Gasteiger partial charge in [0.2, 0.25) is 5.91 Å². The third-order valence-electron chi connectivity index (χ3n) is 3.92. The van der Waals surface area contributed by atoms with Crippen LogP contribution in [0.2, 0.25) is 0 Å². The first-order chi connectivity index (χ1) is 7.25. The average molecular weight is 209 g/mol. The lowest BCUT2D eigenvalue weighted by Gasteiger charge is -2.28. The van der Waals surface area contributed by atoms with E-state index in [1.807, 2.05) is 4.90 Å². The first-order valence-corrected chi connectivity index (χ1v) is 5.44. The van der Waals surface area contributed by atoms with Gasteiger partial charge >= 0.3 is 0 Å². The van der Waals surface area contributed by atoms with E-state index in [1.54, 1.807) is 0 Å². The van der Waals surface area contributed by atoms with Gasteiger partial charge in [-0.05, 0) is 24.0 Å². The SMILES string of the molecule is O=C1CC[C@@]2(CO)CC(=C3COC3)CN12. The zero-order chi connectivity index (χ0) is 10.5. The molecule has 0 bridgehead atoms. The van der Waals surface area contributed by atoms with E-state index in [0.717, 1.165) is 32.6 Å². The quantitative estimate of drug-likeness (QED) is 0.622.